The van der Waals surface area contributed by atoms with Crippen LogP contribution in [0.2, 0.25) is 0 Å². The molecule has 1 aromatic carbocycles. The molecule has 0 radical (unpaired) electrons. The van der Waals surface area contributed by atoms with E-state index in [1.807, 2.05) is 12.1 Å². The van der Waals surface area contributed by atoms with Gasteiger partial charge in [-0.05, 0) is 74.1 Å². The molecule has 1 fully saturated rings. The zero-order valence-corrected chi connectivity index (χ0v) is 13.0. The quantitative estimate of drug-likeness (QED) is 0.771. The lowest BCUT2D eigenvalue weighted by atomic mass is 9.68. The Balaban J connectivity index is 1.84. The van der Waals surface area contributed by atoms with Crippen LogP contribution in [-0.2, 0) is 12.8 Å². The van der Waals surface area contributed by atoms with Crippen molar-refractivity contribution in [3.63, 3.8) is 0 Å². The molecule has 0 aromatic heterocycles. The zero-order chi connectivity index (χ0) is 15.1. The van der Waals surface area contributed by atoms with Gasteiger partial charge in [0.2, 0.25) is 0 Å². The third kappa shape index (κ3) is 2.16. The molecule has 4 rings (SSSR count). The van der Waals surface area contributed by atoms with Crippen molar-refractivity contribution in [3.05, 3.63) is 52.3 Å². The predicted molar refractivity (Wildman–Crippen MR) is 88.2 cm³/mol. The fraction of sp³-hybridized carbons (Fsp3) is 0.500. The number of phenols is 1. The summed E-state index contributed by atoms with van der Waals surface area (Å²) in [7, 11) is 0. The lowest BCUT2D eigenvalue weighted by molar-refractivity contribution is 0.293. The largest absolute Gasteiger partial charge is 0.512 e. The van der Waals surface area contributed by atoms with E-state index in [1.54, 1.807) is 0 Å². The van der Waals surface area contributed by atoms with Crippen LogP contribution >= 0.6 is 0 Å². The van der Waals surface area contributed by atoms with Gasteiger partial charge >= 0.3 is 0 Å². The summed E-state index contributed by atoms with van der Waals surface area (Å²) >= 11 is 0. The number of aryl methyl sites for hydroxylation is 1. The fourth-order valence-corrected chi connectivity index (χ4v) is 4.69. The van der Waals surface area contributed by atoms with Crippen molar-refractivity contribution < 1.29 is 10.2 Å². The van der Waals surface area contributed by atoms with Gasteiger partial charge in [-0.3, -0.25) is 0 Å². The van der Waals surface area contributed by atoms with Gasteiger partial charge in [-0.1, -0.05) is 24.1 Å². The maximum Gasteiger partial charge on any atom is 0.119 e. The summed E-state index contributed by atoms with van der Waals surface area (Å²) in [6.07, 6.45) is 13.3. The van der Waals surface area contributed by atoms with Crippen LogP contribution in [0.3, 0.4) is 0 Å². The summed E-state index contributed by atoms with van der Waals surface area (Å²) in [4.78, 5) is 0. The van der Waals surface area contributed by atoms with Gasteiger partial charge in [0.25, 0.3) is 0 Å². The van der Waals surface area contributed by atoms with E-state index in [4.69, 9.17) is 0 Å². The van der Waals surface area contributed by atoms with Crippen molar-refractivity contribution in [3.8, 4) is 5.75 Å². The maximum absolute atomic E-state index is 10.6. The molecule has 0 aliphatic heterocycles. The summed E-state index contributed by atoms with van der Waals surface area (Å²) < 4.78 is 0. The van der Waals surface area contributed by atoms with Crippen LogP contribution in [0.5, 0.6) is 5.75 Å². The smallest absolute Gasteiger partial charge is 0.119 e. The Morgan fingerprint density at radius 1 is 0.864 bits per heavy atom. The molecular weight excluding hydrogens is 272 g/mol. The molecule has 2 atom stereocenters. The van der Waals surface area contributed by atoms with Crippen LogP contribution in [0.15, 0.2) is 35.6 Å². The summed E-state index contributed by atoms with van der Waals surface area (Å²) in [5, 5.41) is 21.2. The lowest BCUT2D eigenvalue weighted by Crippen LogP contribution is -2.25. The first kappa shape index (κ1) is 13.9. The van der Waals surface area contributed by atoms with Crippen molar-refractivity contribution in [1.29, 1.82) is 0 Å². The minimum atomic E-state index is -0.0339. The first-order valence-corrected chi connectivity index (χ1v) is 8.69. The van der Waals surface area contributed by atoms with E-state index in [2.05, 4.69) is 12.1 Å². The van der Waals surface area contributed by atoms with Gasteiger partial charge in [0.05, 0.1) is 5.92 Å². The van der Waals surface area contributed by atoms with Gasteiger partial charge in [0.1, 0.15) is 11.5 Å². The Morgan fingerprint density at radius 3 is 2.59 bits per heavy atom. The number of hydrogen-bond acceptors (Lipinski definition) is 2. The molecule has 0 heterocycles. The van der Waals surface area contributed by atoms with E-state index >= 15 is 0 Å². The van der Waals surface area contributed by atoms with Gasteiger partial charge in [-0.25, -0.2) is 0 Å². The van der Waals surface area contributed by atoms with E-state index in [1.165, 1.54) is 42.4 Å². The van der Waals surface area contributed by atoms with Crippen LogP contribution < -0.4 is 0 Å². The number of allylic oxidation sites excluding steroid dienone is 4. The van der Waals surface area contributed by atoms with Gasteiger partial charge in [-0.15, -0.1) is 0 Å². The molecule has 0 bridgehead atoms. The molecular formula is C20H24O2. The topological polar surface area (TPSA) is 40.5 Å². The van der Waals surface area contributed by atoms with Gasteiger partial charge in [0.15, 0.2) is 0 Å². The van der Waals surface area contributed by atoms with Gasteiger partial charge < -0.3 is 10.2 Å². The van der Waals surface area contributed by atoms with E-state index in [-0.39, 0.29) is 5.92 Å². The SMILES string of the molecule is OC1=CC=C2CCCCC2[C@@H]1c1c(O)ccc2c1CCCC2. The number of aromatic hydroxyl groups is 1. The highest BCUT2D eigenvalue weighted by Crippen LogP contribution is 2.49. The van der Waals surface area contributed by atoms with Crippen LogP contribution in [0.1, 0.15) is 61.1 Å². The van der Waals surface area contributed by atoms with Crippen LogP contribution in [0.4, 0.5) is 0 Å². The van der Waals surface area contributed by atoms with Crippen molar-refractivity contribution in [1.82, 2.24) is 0 Å². The fourth-order valence-electron chi connectivity index (χ4n) is 4.69. The second-order valence-corrected chi connectivity index (χ2v) is 7.01. The first-order chi connectivity index (χ1) is 10.8. The van der Waals surface area contributed by atoms with E-state index in [9.17, 15) is 10.2 Å². The summed E-state index contributed by atoms with van der Waals surface area (Å²) in [5.74, 6) is 1.15. The molecule has 2 heteroatoms. The number of aliphatic hydroxyl groups is 1. The van der Waals surface area contributed by atoms with Gasteiger partial charge in [0, 0.05) is 5.56 Å². The molecule has 22 heavy (non-hydrogen) atoms. The second kappa shape index (κ2) is 5.49. The molecule has 0 saturated heterocycles. The van der Waals surface area contributed by atoms with Crippen molar-refractivity contribution in [2.24, 2.45) is 5.92 Å². The molecule has 0 amide bonds. The molecule has 2 nitrogen and oxygen atoms in total. The molecule has 1 aromatic rings. The normalized spacial score (nSPS) is 27.5. The second-order valence-electron chi connectivity index (χ2n) is 7.01. The Hall–Kier alpha value is -1.70. The zero-order valence-electron chi connectivity index (χ0n) is 13.0. The number of rotatable bonds is 1. The molecule has 3 aliphatic rings. The molecule has 0 spiro atoms. The van der Waals surface area contributed by atoms with Crippen LogP contribution in [0.25, 0.3) is 0 Å². The lowest BCUT2D eigenvalue weighted by Gasteiger charge is -2.37. The highest BCUT2D eigenvalue weighted by atomic mass is 16.3. The van der Waals surface area contributed by atoms with Crippen LogP contribution in [0, 0.1) is 5.92 Å². The third-order valence-electron chi connectivity index (χ3n) is 5.76. The Morgan fingerprint density at radius 2 is 1.68 bits per heavy atom. The van der Waals surface area contributed by atoms with E-state index in [0.29, 0.717) is 17.4 Å². The van der Waals surface area contributed by atoms with Gasteiger partial charge in [-0.2, -0.15) is 0 Å². The summed E-state index contributed by atoms with van der Waals surface area (Å²) in [6.45, 7) is 0. The highest BCUT2D eigenvalue weighted by molar-refractivity contribution is 5.52. The van der Waals surface area contributed by atoms with Crippen molar-refractivity contribution in [2.45, 2.75) is 57.3 Å². The molecule has 1 saturated carbocycles. The number of phenolic OH excluding ortho intramolecular Hbond substituents is 1. The van der Waals surface area contributed by atoms with E-state index in [0.717, 1.165) is 31.2 Å². The monoisotopic (exact) mass is 296 g/mol. The molecule has 1 unspecified atom stereocenters. The molecule has 3 aliphatic carbocycles. The predicted octanol–water partition coefficient (Wildman–Crippen LogP) is 4.93. The third-order valence-corrected chi connectivity index (χ3v) is 5.76. The maximum atomic E-state index is 10.6. The Bertz CT molecular complexity index is 654. The van der Waals surface area contributed by atoms with Crippen LogP contribution in [-0.4, -0.2) is 10.2 Å². The number of hydrogen-bond donors (Lipinski definition) is 2. The summed E-state index contributed by atoms with van der Waals surface area (Å²) in [6, 6.07) is 3.92. The Kier molecular flexibility index (Phi) is 3.48. The minimum absolute atomic E-state index is 0.0339. The highest BCUT2D eigenvalue weighted by Gasteiger charge is 2.36. The first-order valence-electron chi connectivity index (χ1n) is 8.69. The van der Waals surface area contributed by atoms with Crippen molar-refractivity contribution >= 4 is 0 Å². The standard InChI is InChI=1S/C20H24O2/c21-17-11-9-13-5-1-3-7-15(13)19(17)20-16-8-4-2-6-14(16)10-12-18(20)22/h9-12,15,19,21-22H,1-8H2/t15?,19-/m0/s1. The summed E-state index contributed by atoms with van der Waals surface area (Å²) in [5.41, 5.74) is 5.16. The number of fused-ring (bicyclic) bond motifs is 2. The molecule has 116 valence electrons. The Labute approximate surface area is 132 Å². The number of aliphatic hydroxyl groups excluding tert-OH is 1. The molecule has 2 N–H and O–H groups in total. The average Bonchev–Trinajstić information content (AvgIpc) is 2.56. The minimum Gasteiger partial charge on any atom is -0.512 e. The van der Waals surface area contributed by atoms with E-state index < -0.39 is 0 Å². The number of benzene rings is 1. The van der Waals surface area contributed by atoms with Crippen molar-refractivity contribution in [2.75, 3.05) is 0 Å². The average molecular weight is 296 g/mol.